The highest BCUT2D eigenvalue weighted by Gasteiger charge is 2.33. The molecular weight excluding hydrogens is 624 g/mol. The Hall–Kier alpha value is -4.48. The number of ether oxygens (including phenoxy) is 6. The van der Waals surface area contributed by atoms with E-state index in [4.69, 9.17) is 28.4 Å². The van der Waals surface area contributed by atoms with E-state index in [1.165, 1.54) is 0 Å². The predicted molar refractivity (Wildman–Crippen MR) is 171 cm³/mol. The lowest BCUT2D eigenvalue weighted by Gasteiger charge is -2.26. The number of carbonyl (C=O) groups excluding carboxylic acids is 6. The normalized spacial score (nSPS) is 20.3. The summed E-state index contributed by atoms with van der Waals surface area (Å²) in [5.74, 6) is -2.77. The molecule has 12 heteroatoms. The molecule has 0 radical (unpaired) electrons. The molecule has 0 atom stereocenters. The summed E-state index contributed by atoms with van der Waals surface area (Å²) in [7, 11) is 0. The first-order valence-electron chi connectivity index (χ1n) is 16.6. The van der Waals surface area contributed by atoms with Gasteiger partial charge in [0.15, 0.2) is 0 Å². The number of hydrogen-bond donors (Lipinski definition) is 0. The van der Waals surface area contributed by atoms with Crippen molar-refractivity contribution in [2.45, 2.75) is 77.0 Å². The summed E-state index contributed by atoms with van der Waals surface area (Å²) in [6.07, 6.45) is 8.71. The molecule has 0 unspecified atom stereocenters. The lowest BCUT2D eigenvalue weighted by molar-refractivity contribution is -0.152. The van der Waals surface area contributed by atoms with Crippen molar-refractivity contribution < 1.29 is 57.2 Å². The van der Waals surface area contributed by atoms with Gasteiger partial charge in [-0.05, 0) is 101 Å². The van der Waals surface area contributed by atoms with Crippen LogP contribution in [0, 0.1) is 23.7 Å². The summed E-state index contributed by atoms with van der Waals surface area (Å²) in [4.78, 5) is 72.3. The Morgan fingerprint density at radius 1 is 0.479 bits per heavy atom. The third-order valence-corrected chi connectivity index (χ3v) is 8.44. The fourth-order valence-corrected chi connectivity index (χ4v) is 5.56. The third kappa shape index (κ3) is 13.3. The molecule has 2 aliphatic carbocycles. The number of esters is 6. The molecule has 0 saturated heterocycles. The van der Waals surface area contributed by atoms with Gasteiger partial charge in [0, 0.05) is 12.2 Å². The van der Waals surface area contributed by atoms with Gasteiger partial charge in [-0.1, -0.05) is 13.2 Å². The highest BCUT2D eigenvalue weighted by atomic mass is 16.6. The van der Waals surface area contributed by atoms with Crippen molar-refractivity contribution in [3.8, 4) is 11.5 Å². The molecule has 2 aliphatic rings. The largest absolute Gasteiger partial charge is 0.465 e. The Balaban J connectivity index is 1.28. The van der Waals surface area contributed by atoms with Crippen LogP contribution < -0.4 is 9.47 Å². The highest BCUT2D eigenvalue weighted by Crippen LogP contribution is 2.33. The molecule has 0 aliphatic heterocycles. The number of carbonyl (C=O) groups is 6. The van der Waals surface area contributed by atoms with Gasteiger partial charge in [0.05, 0.1) is 50.1 Å². The third-order valence-electron chi connectivity index (χ3n) is 8.44. The molecule has 0 spiro atoms. The fraction of sp³-hybridized carbons (Fsp3) is 0.556. The molecular formula is C36H46O12. The number of hydrogen-bond acceptors (Lipinski definition) is 12. The maximum absolute atomic E-state index is 12.7. The number of unbranched alkanes of at least 4 members (excludes halogenated alkanes) is 2. The maximum Gasteiger partial charge on any atom is 0.330 e. The van der Waals surface area contributed by atoms with Crippen LogP contribution in [0.1, 0.15) is 77.0 Å². The standard InChI is InChI=1S/C36H46O12/c1-3-31(37)43-21-5-7-23-45-33(39)25-9-13-27(14-10-25)35(41)47-29-17-19-30(20-18-29)48-36(42)28-15-11-26(12-16-28)34(40)46-24-8-6-22-44-32(38)4-2/h3-4,17-20,25-28H,1-2,5-16,21-24H2. The molecule has 0 N–H and O–H groups in total. The van der Waals surface area contributed by atoms with E-state index in [0.29, 0.717) is 88.5 Å². The molecule has 3 rings (SSSR count). The van der Waals surface area contributed by atoms with E-state index in [1.54, 1.807) is 24.3 Å². The minimum Gasteiger partial charge on any atom is -0.465 e. The first-order chi connectivity index (χ1) is 23.2. The predicted octanol–water partition coefficient (Wildman–Crippen LogP) is 5.22. The molecule has 2 saturated carbocycles. The number of benzene rings is 1. The first-order valence-corrected chi connectivity index (χ1v) is 16.6. The van der Waals surface area contributed by atoms with Crippen molar-refractivity contribution in [1.29, 1.82) is 0 Å². The van der Waals surface area contributed by atoms with Crippen molar-refractivity contribution in [3.05, 3.63) is 49.6 Å². The van der Waals surface area contributed by atoms with Gasteiger partial charge in [-0.2, -0.15) is 0 Å². The average molecular weight is 671 g/mol. The van der Waals surface area contributed by atoms with Gasteiger partial charge in [-0.25, -0.2) is 9.59 Å². The lowest BCUT2D eigenvalue weighted by atomic mass is 9.82. The summed E-state index contributed by atoms with van der Waals surface area (Å²) >= 11 is 0. The minimum absolute atomic E-state index is 0.245. The van der Waals surface area contributed by atoms with E-state index in [-0.39, 0.29) is 74.0 Å². The molecule has 262 valence electrons. The van der Waals surface area contributed by atoms with Gasteiger partial charge in [-0.15, -0.1) is 0 Å². The van der Waals surface area contributed by atoms with Crippen LogP contribution in [0.25, 0.3) is 0 Å². The van der Waals surface area contributed by atoms with Crippen LogP contribution in [-0.2, 0) is 47.7 Å². The second-order valence-electron chi connectivity index (χ2n) is 11.9. The molecule has 12 nitrogen and oxygen atoms in total. The summed E-state index contributed by atoms with van der Waals surface area (Å²) in [5, 5.41) is 0. The molecule has 2 fully saturated rings. The van der Waals surface area contributed by atoms with Gasteiger partial charge >= 0.3 is 35.8 Å². The quantitative estimate of drug-likeness (QED) is 0.0661. The van der Waals surface area contributed by atoms with E-state index < -0.39 is 11.9 Å². The van der Waals surface area contributed by atoms with Crippen LogP contribution >= 0.6 is 0 Å². The van der Waals surface area contributed by atoms with Gasteiger partial charge in [0.2, 0.25) is 0 Å². The van der Waals surface area contributed by atoms with E-state index >= 15 is 0 Å². The molecule has 0 aromatic heterocycles. The second kappa shape index (κ2) is 20.7. The molecule has 0 amide bonds. The molecule has 48 heavy (non-hydrogen) atoms. The summed E-state index contributed by atoms with van der Waals surface area (Å²) < 4.78 is 31.5. The van der Waals surface area contributed by atoms with Crippen LogP contribution in [0.15, 0.2) is 49.6 Å². The Bertz CT molecular complexity index is 1160. The van der Waals surface area contributed by atoms with E-state index in [1.807, 2.05) is 0 Å². The average Bonchev–Trinajstić information content (AvgIpc) is 3.11. The maximum atomic E-state index is 12.7. The van der Waals surface area contributed by atoms with Crippen molar-refractivity contribution in [2.75, 3.05) is 26.4 Å². The zero-order valence-electron chi connectivity index (χ0n) is 27.4. The van der Waals surface area contributed by atoms with Crippen LogP contribution in [0.3, 0.4) is 0 Å². The summed E-state index contributed by atoms with van der Waals surface area (Å²) in [6, 6.07) is 6.27. The van der Waals surface area contributed by atoms with Gasteiger partial charge < -0.3 is 28.4 Å². The summed E-state index contributed by atoms with van der Waals surface area (Å²) in [6.45, 7) is 7.63. The van der Waals surface area contributed by atoms with Crippen molar-refractivity contribution >= 4 is 35.8 Å². The smallest absolute Gasteiger partial charge is 0.330 e. The zero-order valence-corrected chi connectivity index (χ0v) is 27.4. The Morgan fingerprint density at radius 2 is 0.750 bits per heavy atom. The van der Waals surface area contributed by atoms with Crippen LogP contribution in [0.5, 0.6) is 11.5 Å². The Labute approximate surface area is 281 Å². The Morgan fingerprint density at radius 3 is 1.04 bits per heavy atom. The summed E-state index contributed by atoms with van der Waals surface area (Å²) in [5.41, 5.74) is 0. The van der Waals surface area contributed by atoms with E-state index in [0.717, 1.165) is 12.2 Å². The van der Waals surface area contributed by atoms with Crippen LogP contribution in [0.2, 0.25) is 0 Å². The Kier molecular flexibility index (Phi) is 16.4. The fourth-order valence-electron chi connectivity index (χ4n) is 5.56. The van der Waals surface area contributed by atoms with Crippen LogP contribution in [0.4, 0.5) is 0 Å². The first kappa shape index (κ1) is 38.0. The van der Waals surface area contributed by atoms with Crippen molar-refractivity contribution in [3.63, 3.8) is 0 Å². The van der Waals surface area contributed by atoms with Crippen molar-refractivity contribution in [1.82, 2.24) is 0 Å². The SMILES string of the molecule is C=CC(=O)OCCCCOC(=O)C1CCC(C(=O)Oc2ccc(OC(=O)C3CCC(C(=O)OCCCCOC(=O)C=C)CC3)cc2)CC1. The minimum atomic E-state index is -0.481. The number of rotatable bonds is 18. The van der Waals surface area contributed by atoms with E-state index in [9.17, 15) is 28.8 Å². The van der Waals surface area contributed by atoms with Gasteiger partial charge in [0.25, 0.3) is 0 Å². The lowest BCUT2D eigenvalue weighted by Crippen LogP contribution is -2.29. The highest BCUT2D eigenvalue weighted by molar-refractivity contribution is 5.81. The molecule has 0 heterocycles. The monoisotopic (exact) mass is 670 g/mol. The van der Waals surface area contributed by atoms with E-state index in [2.05, 4.69) is 13.2 Å². The van der Waals surface area contributed by atoms with Gasteiger partial charge in [-0.3, -0.25) is 19.2 Å². The zero-order chi connectivity index (χ0) is 34.7. The van der Waals surface area contributed by atoms with Gasteiger partial charge in [0.1, 0.15) is 11.5 Å². The van der Waals surface area contributed by atoms with Crippen molar-refractivity contribution in [2.24, 2.45) is 23.7 Å². The topological polar surface area (TPSA) is 158 Å². The van der Waals surface area contributed by atoms with Crippen LogP contribution in [-0.4, -0.2) is 62.2 Å². The molecule has 0 bridgehead atoms. The molecule has 1 aromatic rings. The second-order valence-corrected chi connectivity index (χ2v) is 11.9. The molecule has 1 aromatic carbocycles.